The van der Waals surface area contributed by atoms with Gasteiger partial charge in [0.25, 0.3) is 0 Å². The number of carboxylic acids is 1. The van der Waals surface area contributed by atoms with Crippen molar-refractivity contribution in [3.8, 4) is 0 Å². The van der Waals surface area contributed by atoms with Crippen molar-refractivity contribution in [2.45, 2.75) is 58.7 Å². The lowest BCUT2D eigenvalue weighted by Gasteiger charge is -2.24. The zero-order chi connectivity index (χ0) is 18.4. The van der Waals surface area contributed by atoms with E-state index in [1.165, 1.54) is 0 Å². The van der Waals surface area contributed by atoms with Crippen molar-refractivity contribution in [2.75, 3.05) is 0 Å². The highest BCUT2D eigenvalue weighted by molar-refractivity contribution is 5.92. The lowest BCUT2D eigenvalue weighted by Crippen LogP contribution is -2.54. The molecule has 2 atom stereocenters. The number of amides is 3. The molecule has 0 fully saturated rings. The number of carbonyl (C=O) groups is 4. The minimum Gasteiger partial charge on any atom is -0.480 e. The van der Waals surface area contributed by atoms with E-state index in [4.69, 9.17) is 15.6 Å². The number of carbonyl (C=O) groups excluding carboxylic acids is 3. The quantitative estimate of drug-likeness (QED) is 0.515. The summed E-state index contributed by atoms with van der Waals surface area (Å²) in [5, 5.41) is 13.6. The smallest absolute Gasteiger partial charge is 0.408 e. The van der Waals surface area contributed by atoms with Gasteiger partial charge in [0, 0.05) is 0 Å². The fourth-order valence-corrected chi connectivity index (χ4v) is 1.63. The zero-order valence-electron chi connectivity index (χ0n) is 14.0. The maximum Gasteiger partial charge on any atom is 0.408 e. The summed E-state index contributed by atoms with van der Waals surface area (Å²) in [6, 6.07) is -2.47. The summed E-state index contributed by atoms with van der Waals surface area (Å²) in [6.45, 7) is 8.13. The van der Waals surface area contributed by atoms with Gasteiger partial charge in [-0.15, -0.1) is 0 Å². The predicted molar refractivity (Wildman–Crippen MR) is 81.4 cm³/mol. The average molecular weight is 331 g/mol. The number of rotatable bonds is 7. The number of nitrogens with two attached hydrogens (primary N) is 1. The van der Waals surface area contributed by atoms with Crippen molar-refractivity contribution >= 4 is 23.9 Å². The van der Waals surface area contributed by atoms with Gasteiger partial charge in [0.1, 0.15) is 17.7 Å². The van der Waals surface area contributed by atoms with Gasteiger partial charge >= 0.3 is 12.1 Å². The number of alkyl carbamates (subject to hydrolysis) is 1. The van der Waals surface area contributed by atoms with Gasteiger partial charge in [0.15, 0.2) is 0 Å². The standard InChI is InChI=1S/C14H25N3O6/c1-7(2)10(12(20)21)17-11(19)8(6-9(15)18)16-13(22)23-14(3,4)5/h7-8,10H,6H2,1-5H3,(H2,15,18)(H,16,22)(H,17,19)(H,20,21)/t8-,10+/m1/s1. The molecule has 0 saturated heterocycles. The van der Waals surface area contributed by atoms with Crippen molar-refractivity contribution in [2.24, 2.45) is 11.7 Å². The van der Waals surface area contributed by atoms with E-state index in [2.05, 4.69) is 10.6 Å². The van der Waals surface area contributed by atoms with Gasteiger partial charge in [-0.1, -0.05) is 13.8 Å². The third-order valence-corrected chi connectivity index (χ3v) is 2.64. The first kappa shape index (κ1) is 20.7. The highest BCUT2D eigenvalue weighted by atomic mass is 16.6. The highest BCUT2D eigenvalue weighted by Crippen LogP contribution is 2.08. The minimum absolute atomic E-state index is 0.382. The molecule has 132 valence electrons. The molecule has 0 radical (unpaired) electrons. The maximum atomic E-state index is 12.1. The Morgan fingerprint density at radius 3 is 2.00 bits per heavy atom. The summed E-state index contributed by atoms with van der Waals surface area (Å²) in [5.41, 5.74) is 4.26. The number of ether oxygens (including phenoxy) is 1. The molecule has 3 amide bonds. The highest BCUT2D eigenvalue weighted by Gasteiger charge is 2.30. The van der Waals surface area contributed by atoms with E-state index < -0.39 is 48.0 Å². The van der Waals surface area contributed by atoms with Crippen LogP contribution in [0.2, 0.25) is 0 Å². The van der Waals surface area contributed by atoms with E-state index in [0.29, 0.717) is 0 Å². The van der Waals surface area contributed by atoms with E-state index >= 15 is 0 Å². The van der Waals surface area contributed by atoms with Crippen LogP contribution in [0.5, 0.6) is 0 Å². The Kier molecular flexibility index (Phi) is 7.51. The SMILES string of the molecule is CC(C)[C@H](NC(=O)[C@@H](CC(N)=O)NC(=O)OC(C)(C)C)C(=O)O. The Bertz CT molecular complexity index is 470. The third kappa shape index (κ3) is 8.64. The van der Waals surface area contributed by atoms with Crippen LogP contribution in [0.15, 0.2) is 0 Å². The number of carboxylic acid groups (broad SMARTS) is 1. The second kappa shape index (κ2) is 8.35. The minimum atomic E-state index is -1.32. The molecule has 0 aromatic rings. The molecule has 0 heterocycles. The first-order chi connectivity index (χ1) is 10.3. The van der Waals surface area contributed by atoms with Crippen LogP contribution in [0.3, 0.4) is 0 Å². The molecule has 0 rings (SSSR count). The molecule has 9 nitrogen and oxygen atoms in total. The second-order valence-electron chi connectivity index (χ2n) is 6.44. The van der Waals surface area contributed by atoms with E-state index in [1.807, 2.05) is 0 Å². The van der Waals surface area contributed by atoms with Gasteiger partial charge in [-0.2, -0.15) is 0 Å². The molecular weight excluding hydrogens is 306 g/mol. The van der Waals surface area contributed by atoms with Gasteiger partial charge in [0.2, 0.25) is 11.8 Å². The predicted octanol–water partition coefficient (Wildman–Crippen LogP) is -0.0195. The zero-order valence-corrected chi connectivity index (χ0v) is 14.0. The molecule has 0 bridgehead atoms. The van der Waals surface area contributed by atoms with E-state index in [9.17, 15) is 19.2 Å². The van der Waals surface area contributed by atoms with Crippen LogP contribution >= 0.6 is 0 Å². The summed E-state index contributed by atoms with van der Waals surface area (Å²) in [7, 11) is 0. The largest absolute Gasteiger partial charge is 0.480 e. The molecule has 9 heteroatoms. The third-order valence-electron chi connectivity index (χ3n) is 2.64. The van der Waals surface area contributed by atoms with E-state index in [0.717, 1.165) is 0 Å². The van der Waals surface area contributed by atoms with E-state index in [1.54, 1.807) is 34.6 Å². The van der Waals surface area contributed by atoms with Gasteiger partial charge in [-0.05, 0) is 26.7 Å². The Morgan fingerprint density at radius 2 is 1.65 bits per heavy atom. The van der Waals surface area contributed by atoms with Crippen LogP contribution in [-0.2, 0) is 19.1 Å². The van der Waals surface area contributed by atoms with E-state index in [-0.39, 0.29) is 5.92 Å². The lowest BCUT2D eigenvalue weighted by atomic mass is 10.0. The Morgan fingerprint density at radius 1 is 1.13 bits per heavy atom. The van der Waals surface area contributed by atoms with Crippen molar-refractivity contribution in [1.29, 1.82) is 0 Å². The van der Waals surface area contributed by atoms with Crippen LogP contribution in [0.4, 0.5) is 4.79 Å². The average Bonchev–Trinajstić information content (AvgIpc) is 2.30. The van der Waals surface area contributed by atoms with Crippen molar-refractivity contribution < 1.29 is 29.0 Å². The Hall–Kier alpha value is -2.32. The Balaban J connectivity index is 5.02. The Labute approximate surface area is 134 Å². The van der Waals surface area contributed by atoms with Crippen LogP contribution in [0.1, 0.15) is 41.0 Å². The molecule has 0 aliphatic carbocycles. The topological polar surface area (TPSA) is 148 Å². The van der Waals surface area contributed by atoms with Crippen molar-refractivity contribution in [1.82, 2.24) is 10.6 Å². The lowest BCUT2D eigenvalue weighted by molar-refractivity contribution is -0.143. The van der Waals surface area contributed by atoms with Crippen LogP contribution in [-0.4, -0.2) is 46.7 Å². The van der Waals surface area contributed by atoms with Crippen LogP contribution in [0, 0.1) is 5.92 Å². The number of hydrogen-bond donors (Lipinski definition) is 4. The summed E-state index contributed by atoms with van der Waals surface area (Å²) in [6.07, 6.45) is -1.38. The first-order valence-corrected chi connectivity index (χ1v) is 7.14. The van der Waals surface area contributed by atoms with Gasteiger partial charge in [0.05, 0.1) is 6.42 Å². The molecule has 0 spiro atoms. The molecular formula is C14H25N3O6. The van der Waals surface area contributed by atoms with Crippen molar-refractivity contribution in [3.63, 3.8) is 0 Å². The van der Waals surface area contributed by atoms with Gasteiger partial charge < -0.3 is 26.2 Å². The van der Waals surface area contributed by atoms with Gasteiger partial charge in [-0.3, -0.25) is 9.59 Å². The number of hydrogen-bond acceptors (Lipinski definition) is 5. The number of aliphatic carboxylic acids is 1. The molecule has 0 aromatic heterocycles. The fourth-order valence-electron chi connectivity index (χ4n) is 1.63. The summed E-state index contributed by atoms with van der Waals surface area (Å²) in [4.78, 5) is 46.1. The molecule has 0 unspecified atom stereocenters. The molecule has 5 N–H and O–H groups in total. The van der Waals surface area contributed by atoms with Gasteiger partial charge in [-0.25, -0.2) is 9.59 Å². The molecule has 0 aliphatic rings. The number of primary amides is 1. The number of nitrogens with one attached hydrogen (secondary N) is 2. The summed E-state index contributed by atoms with van der Waals surface area (Å²) < 4.78 is 5.00. The first-order valence-electron chi connectivity index (χ1n) is 7.14. The molecule has 0 aromatic carbocycles. The van der Waals surface area contributed by atoms with Crippen molar-refractivity contribution in [3.05, 3.63) is 0 Å². The fraction of sp³-hybridized carbons (Fsp3) is 0.714. The van der Waals surface area contributed by atoms with Crippen LogP contribution in [0.25, 0.3) is 0 Å². The van der Waals surface area contributed by atoms with Crippen LogP contribution < -0.4 is 16.4 Å². The monoisotopic (exact) mass is 331 g/mol. The molecule has 23 heavy (non-hydrogen) atoms. The summed E-state index contributed by atoms with van der Waals surface area (Å²) >= 11 is 0. The normalized spacial score (nSPS) is 13.8. The molecule has 0 saturated carbocycles. The summed E-state index contributed by atoms with van der Waals surface area (Å²) in [5.74, 6) is -3.25. The molecule has 0 aliphatic heterocycles. The second-order valence-corrected chi connectivity index (χ2v) is 6.44. The maximum absolute atomic E-state index is 12.1.